The lowest BCUT2D eigenvalue weighted by atomic mass is 9.88. The molecule has 5 heteroatoms. The van der Waals surface area contributed by atoms with E-state index in [0.717, 1.165) is 5.56 Å². The summed E-state index contributed by atoms with van der Waals surface area (Å²) >= 11 is 0. The average molecular weight is 264 g/mol. The van der Waals surface area contributed by atoms with Gasteiger partial charge in [-0.2, -0.15) is 0 Å². The van der Waals surface area contributed by atoms with Crippen LogP contribution >= 0.6 is 0 Å². The van der Waals surface area contributed by atoms with E-state index in [1.54, 1.807) is 19.2 Å². The van der Waals surface area contributed by atoms with Crippen LogP contribution in [0.5, 0.6) is 0 Å². The zero-order chi connectivity index (χ0) is 14.6. The number of carboxylic acids is 1. The molecule has 1 aromatic rings. The predicted molar refractivity (Wildman–Crippen MR) is 72.1 cm³/mol. The molecule has 19 heavy (non-hydrogen) atoms. The van der Waals surface area contributed by atoms with Gasteiger partial charge in [0.25, 0.3) is 5.91 Å². The molecule has 0 bridgehead atoms. The van der Waals surface area contributed by atoms with Crippen molar-refractivity contribution in [1.29, 1.82) is 0 Å². The molecular formula is C14H20N2O3. The number of carbonyl (C=O) groups excluding carboxylic acids is 1. The van der Waals surface area contributed by atoms with Crippen LogP contribution in [-0.4, -0.2) is 28.0 Å². The Morgan fingerprint density at radius 3 is 2.37 bits per heavy atom. The number of hydrogen-bond acceptors (Lipinski definition) is 3. The molecule has 0 aromatic carbocycles. The highest BCUT2D eigenvalue weighted by molar-refractivity contribution is 5.94. The normalized spacial score (nSPS) is 12.8. The van der Waals surface area contributed by atoms with E-state index in [1.807, 2.05) is 6.07 Å². The summed E-state index contributed by atoms with van der Waals surface area (Å²) in [4.78, 5) is 26.8. The van der Waals surface area contributed by atoms with Crippen LogP contribution in [0.2, 0.25) is 0 Å². The monoisotopic (exact) mass is 264 g/mol. The van der Waals surface area contributed by atoms with E-state index in [0.29, 0.717) is 6.42 Å². The van der Waals surface area contributed by atoms with Crippen molar-refractivity contribution in [1.82, 2.24) is 10.3 Å². The van der Waals surface area contributed by atoms with Gasteiger partial charge in [0.1, 0.15) is 11.7 Å². The number of hydrogen-bond donors (Lipinski definition) is 2. The molecule has 0 aliphatic heterocycles. The maximum atomic E-state index is 11.8. The molecule has 1 amide bonds. The van der Waals surface area contributed by atoms with E-state index >= 15 is 0 Å². The fraction of sp³-hybridized carbons (Fsp3) is 0.500. The van der Waals surface area contributed by atoms with Crippen LogP contribution in [0.25, 0.3) is 0 Å². The minimum absolute atomic E-state index is 0.0327. The summed E-state index contributed by atoms with van der Waals surface area (Å²) in [6, 6.07) is 2.57. The zero-order valence-corrected chi connectivity index (χ0v) is 11.7. The molecule has 1 rings (SSSR count). The number of aliphatic carboxylic acids is 1. The first-order valence-corrected chi connectivity index (χ1v) is 6.26. The molecule has 0 fully saturated rings. The minimum atomic E-state index is -1.04. The number of amides is 1. The van der Waals surface area contributed by atoms with Gasteiger partial charge in [-0.15, -0.1) is 0 Å². The number of rotatable bonds is 4. The molecular weight excluding hydrogens is 244 g/mol. The van der Waals surface area contributed by atoms with Crippen LogP contribution in [0.15, 0.2) is 18.3 Å². The lowest BCUT2D eigenvalue weighted by molar-refractivity contribution is -0.139. The minimum Gasteiger partial charge on any atom is -0.480 e. The maximum absolute atomic E-state index is 11.8. The number of pyridine rings is 1. The summed E-state index contributed by atoms with van der Waals surface area (Å²) in [6.07, 6.45) is 1.98. The van der Waals surface area contributed by atoms with Crippen LogP contribution in [0.4, 0.5) is 0 Å². The molecule has 0 aliphatic rings. The van der Waals surface area contributed by atoms with Gasteiger partial charge in [0.05, 0.1) is 0 Å². The molecule has 0 saturated carbocycles. The predicted octanol–water partition coefficient (Wildman–Crippen LogP) is 1.97. The highest BCUT2D eigenvalue weighted by Gasteiger charge is 2.20. The van der Waals surface area contributed by atoms with Gasteiger partial charge in [-0.1, -0.05) is 33.8 Å². The molecule has 1 heterocycles. The van der Waals surface area contributed by atoms with Crippen molar-refractivity contribution >= 4 is 11.9 Å². The summed E-state index contributed by atoms with van der Waals surface area (Å²) in [5, 5.41) is 11.3. The molecule has 0 aliphatic carbocycles. The van der Waals surface area contributed by atoms with Crippen LogP contribution in [0, 0.1) is 0 Å². The molecule has 1 unspecified atom stereocenters. The van der Waals surface area contributed by atoms with E-state index in [1.165, 1.54) is 0 Å². The largest absolute Gasteiger partial charge is 0.480 e. The molecule has 0 saturated heterocycles. The highest BCUT2D eigenvalue weighted by Crippen LogP contribution is 2.20. The van der Waals surface area contributed by atoms with Crippen molar-refractivity contribution in [2.45, 2.75) is 45.6 Å². The van der Waals surface area contributed by atoms with Gasteiger partial charge in [0, 0.05) is 6.20 Å². The van der Waals surface area contributed by atoms with Gasteiger partial charge in [-0.3, -0.25) is 9.78 Å². The zero-order valence-electron chi connectivity index (χ0n) is 11.7. The number of carboxylic acid groups (broad SMARTS) is 1. The lowest BCUT2D eigenvalue weighted by Crippen LogP contribution is -2.40. The average Bonchev–Trinajstić information content (AvgIpc) is 2.34. The molecule has 0 spiro atoms. The van der Waals surface area contributed by atoms with Gasteiger partial charge < -0.3 is 10.4 Å². The molecule has 5 nitrogen and oxygen atoms in total. The van der Waals surface area contributed by atoms with Crippen LogP contribution in [0.3, 0.4) is 0 Å². The Balaban J connectivity index is 2.81. The maximum Gasteiger partial charge on any atom is 0.326 e. The van der Waals surface area contributed by atoms with Crippen molar-refractivity contribution in [3.8, 4) is 0 Å². The molecule has 104 valence electrons. The second kappa shape index (κ2) is 5.82. The van der Waals surface area contributed by atoms with Gasteiger partial charge in [-0.05, 0) is 23.5 Å². The Morgan fingerprint density at radius 1 is 1.37 bits per heavy atom. The van der Waals surface area contributed by atoms with Crippen molar-refractivity contribution in [3.63, 3.8) is 0 Å². The summed E-state index contributed by atoms with van der Waals surface area (Å²) in [5.74, 6) is -1.50. The van der Waals surface area contributed by atoms with E-state index in [-0.39, 0.29) is 11.1 Å². The number of carbonyl (C=O) groups is 2. The SMILES string of the molecule is CCC(NC(=O)c1ccc(C(C)(C)C)cn1)C(=O)O. The van der Waals surface area contributed by atoms with Crippen LogP contribution in [-0.2, 0) is 10.2 Å². The number of nitrogens with zero attached hydrogens (tertiary/aromatic N) is 1. The Bertz CT molecular complexity index is 461. The molecule has 1 atom stereocenters. The summed E-state index contributed by atoms with van der Waals surface area (Å²) < 4.78 is 0. The third-order valence-electron chi connectivity index (χ3n) is 2.87. The Hall–Kier alpha value is -1.91. The van der Waals surface area contributed by atoms with E-state index in [2.05, 4.69) is 31.1 Å². The first-order chi connectivity index (χ1) is 8.75. The Morgan fingerprint density at radius 2 is 2.00 bits per heavy atom. The second-order valence-electron chi connectivity index (χ2n) is 5.45. The van der Waals surface area contributed by atoms with Gasteiger partial charge in [-0.25, -0.2) is 4.79 Å². The highest BCUT2D eigenvalue weighted by atomic mass is 16.4. The molecule has 2 N–H and O–H groups in total. The molecule has 1 aromatic heterocycles. The molecule has 0 radical (unpaired) electrons. The number of nitrogens with one attached hydrogen (secondary N) is 1. The van der Waals surface area contributed by atoms with Crippen molar-refractivity contribution < 1.29 is 14.7 Å². The van der Waals surface area contributed by atoms with E-state index < -0.39 is 17.9 Å². The summed E-state index contributed by atoms with van der Waals surface area (Å²) in [6.45, 7) is 7.87. The standard InChI is InChI=1S/C14H20N2O3/c1-5-10(13(18)19)16-12(17)11-7-6-9(8-15-11)14(2,3)4/h6-8,10H,5H2,1-4H3,(H,16,17)(H,18,19). The quantitative estimate of drug-likeness (QED) is 0.871. The van der Waals surface area contributed by atoms with Crippen LogP contribution < -0.4 is 5.32 Å². The van der Waals surface area contributed by atoms with Crippen molar-refractivity contribution in [2.24, 2.45) is 0 Å². The van der Waals surface area contributed by atoms with Crippen molar-refractivity contribution in [3.05, 3.63) is 29.6 Å². The topological polar surface area (TPSA) is 79.3 Å². The summed E-state index contributed by atoms with van der Waals surface area (Å²) in [7, 11) is 0. The first kappa shape index (κ1) is 15.1. The smallest absolute Gasteiger partial charge is 0.326 e. The second-order valence-corrected chi connectivity index (χ2v) is 5.45. The van der Waals surface area contributed by atoms with Crippen LogP contribution in [0.1, 0.15) is 50.2 Å². The Kier molecular flexibility index (Phi) is 4.64. The first-order valence-electron chi connectivity index (χ1n) is 6.26. The van der Waals surface area contributed by atoms with Gasteiger partial charge in [0.15, 0.2) is 0 Å². The fourth-order valence-corrected chi connectivity index (χ4v) is 1.54. The van der Waals surface area contributed by atoms with E-state index in [4.69, 9.17) is 5.11 Å². The lowest BCUT2D eigenvalue weighted by Gasteiger charge is -2.18. The van der Waals surface area contributed by atoms with E-state index in [9.17, 15) is 9.59 Å². The third kappa shape index (κ3) is 4.05. The van der Waals surface area contributed by atoms with Crippen molar-refractivity contribution in [2.75, 3.05) is 0 Å². The van der Waals surface area contributed by atoms with Gasteiger partial charge >= 0.3 is 5.97 Å². The van der Waals surface area contributed by atoms with Gasteiger partial charge in [0.2, 0.25) is 0 Å². The third-order valence-corrected chi connectivity index (χ3v) is 2.87. The number of aromatic nitrogens is 1. The Labute approximate surface area is 113 Å². The summed E-state index contributed by atoms with van der Waals surface area (Å²) in [5.41, 5.74) is 1.22. The fourth-order valence-electron chi connectivity index (χ4n) is 1.54.